The van der Waals surface area contributed by atoms with Crippen molar-refractivity contribution in [2.24, 2.45) is 0 Å². The molecule has 0 bridgehead atoms. The SMILES string of the molecule is Nc1cc(N2CCC3(CC2)OCCc2ccsc23)ncn1. The fourth-order valence-corrected chi connectivity index (χ4v) is 4.52. The van der Waals surface area contributed by atoms with Crippen molar-refractivity contribution < 1.29 is 4.74 Å². The van der Waals surface area contributed by atoms with Crippen LogP contribution in [0.3, 0.4) is 0 Å². The van der Waals surface area contributed by atoms with Crippen LogP contribution in [0, 0.1) is 0 Å². The average molecular weight is 302 g/mol. The Balaban J connectivity index is 1.56. The van der Waals surface area contributed by atoms with Crippen molar-refractivity contribution in [2.75, 3.05) is 30.3 Å². The van der Waals surface area contributed by atoms with Gasteiger partial charge in [0, 0.05) is 24.0 Å². The molecule has 5 nitrogen and oxygen atoms in total. The number of nitrogen functional groups attached to an aromatic ring is 1. The van der Waals surface area contributed by atoms with Gasteiger partial charge in [-0.05, 0) is 36.3 Å². The summed E-state index contributed by atoms with van der Waals surface area (Å²) >= 11 is 1.84. The number of fused-ring (bicyclic) bond motifs is 2. The van der Waals surface area contributed by atoms with Crippen LogP contribution in [0.25, 0.3) is 0 Å². The number of rotatable bonds is 1. The van der Waals surface area contributed by atoms with Gasteiger partial charge in [0.15, 0.2) is 0 Å². The van der Waals surface area contributed by atoms with Gasteiger partial charge >= 0.3 is 0 Å². The summed E-state index contributed by atoms with van der Waals surface area (Å²) in [4.78, 5) is 12.0. The molecule has 2 aromatic rings. The van der Waals surface area contributed by atoms with Gasteiger partial charge in [-0.1, -0.05) is 0 Å². The van der Waals surface area contributed by atoms with Crippen LogP contribution in [0.1, 0.15) is 23.3 Å². The van der Waals surface area contributed by atoms with E-state index in [4.69, 9.17) is 10.5 Å². The summed E-state index contributed by atoms with van der Waals surface area (Å²) in [7, 11) is 0. The Hall–Kier alpha value is -1.66. The van der Waals surface area contributed by atoms with Crippen LogP contribution in [0.15, 0.2) is 23.8 Å². The number of piperidine rings is 1. The molecule has 0 unspecified atom stereocenters. The van der Waals surface area contributed by atoms with E-state index in [0.717, 1.165) is 44.8 Å². The largest absolute Gasteiger partial charge is 0.384 e. The molecule has 1 saturated heterocycles. The van der Waals surface area contributed by atoms with Crippen molar-refractivity contribution in [1.29, 1.82) is 0 Å². The summed E-state index contributed by atoms with van der Waals surface area (Å²) in [5.41, 5.74) is 7.16. The first-order valence-corrected chi connectivity index (χ1v) is 8.18. The Labute approximate surface area is 127 Å². The van der Waals surface area contributed by atoms with E-state index >= 15 is 0 Å². The zero-order valence-electron chi connectivity index (χ0n) is 11.8. The zero-order valence-corrected chi connectivity index (χ0v) is 12.6. The van der Waals surface area contributed by atoms with Crippen LogP contribution < -0.4 is 10.6 Å². The van der Waals surface area contributed by atoms with Crippen LogP contribution in [0.2, 0.25) is 0 Å². The minimum atomic E-state index is -0.0726. The average Bonchev–Trinajstić information content (AvgIpc) is 2.98. The maximum atomic E-state index is 6.23. The molecule has 110 valence electrons. The van der Waals surface area contributed by atoms with E-state index in [-0.39, 0.29) is 5.60 Å². The molecule has 1 spiro atoms. The Morgan fingerprint density at radius 1 is 1.29 bits per heavy atom. The van der Waals surface area contributed by atoms with Crippen LogP contribution in [0.4, 0.5) is 11.6 Å². The quantitative estimate of drug-likeness (QED) is 0.875. The summed E-state index contributed by atoms with van der Waals surface area (Å²) in [6, 6.07) is 4.10. The van der Waals surface area contributed by atoms with E-state index < -0.39 is 0 Å². The third-order valence-electron chi connectivity index (χ3n) is 4.48. The molecular formula is C15H18N4OS. The third kappa shape index (κ3) is 2.18. The van der Waals surface area contributed by atoms with Crippen molar-refractivity contribution in [3.8, 4) is 0 Å². The first kappa shape index (κ1) is 13.0. The van der Waals surface area contributed by atoms with Crippen LogP contribution >= 0.6 is 11.3 Å². The molecule has 6 heteroatoms. The lowest BCUT2D eigenvalue weighted by Gasteiger charge is -2.44. The molecule has 4 rings (SSSR count). The molecule has 1 fully saturated rings. The van der Waals surface area contributed by atoms with Crippen molar-refractivity contribution >= 4 is 23.0 Å². The predicted molar refractivity (Wildman–Crippen MR) is 83.5 cm³/mol. The Kier molecular flexibility index (Phi) is 3.08. The van der Waals surface area contributed by atoms with Gasteiger partial charge in [0.25, 0.3) is 0 Å². The van der Waals surface area contributed by atoms with E-state index in [2.05, 4.69) is 26.3 Å². The molecule has 0 saturated carbocycles. The van der Waals surface area contributed by atoms with Gasteiger partial charge < -0.3 is 15.4 Å². The number of hydrogen-bond donors (Lipinski definition) is 1. The normalized spacial score (nSPS) is 20.5. The lowest BCUT2D eigenvalue weighted by atomic mass is 9.85. The van der Waals surface area contributed by atoms with Crippen LogP contribution in [-0.2, 0) is 16.8 Å². The van der Waals surface area contributed by atoms with Gasteiger partial charge in [-0.2, -0.15) is 0 Å². The maximum Gasteiger partial charge on any atom is 0.134 e. The topological polar surface area (TPSA) is 64.3 Å². The standard InChI is InChI=1S/C15H18N4OS/c16-12-9-13(18-10-17-12)19-5-3-15(4-6-19)14-11(1-7-20-15)2-8-21-14/h2,8-10H,1,3-7H2,(H2,16,17,18). The summed E-state index contributed by atoms with van der Waals surface area (Å²) in [6.07, 6.45) is 4.59. The number of nitrogens with zero attached hydrogens (tertiary/aromatic N) is 3. The molecule has 2 aromatic heterocycles. The predicted octanol–water partition coefficient (Wildman–Crippen LogP) is 2.19. The summed E-state index contributed by atoms with van der Waals surface area (Å²) in [5.74, 6) is 1.44. The van der Waals surface area contributed by atoms with E-state index in [1.54, 1.807) is 0 Å². The molecule has 0 amide bonds. The highest BCUT2D eigenvalue weighted by Crippen LogP contribution is 2.44. The number of ether oxygens (including phenoxy) is 1. The Morgan fingerprint density at radius 2 is 2.14 bits per heavy atom. The summed E-state index contributed by atoms with van der Waals surface area (Å²) < 4.78 is 6.23. The molecule has 4 heterocycles. The third-order valence-corrected chi connectivity index (χ3v) is 5.62. The monoisotopic (exact) mass is 302 g/mol. The number of nitrogens with two attached hydrogens (primary N) is 1. The van der Waals surface area contributed by atoms with Gasteiger partial charge in [-0.25, -0.2) is 9.97 Å². The van der Waals surface area contributed by atoms with Crippen molar-refractivity contribution in [3.05, 3.63) is 34.3 Å². The molecule has 0 atom stereocenters. The van der Waals surface area contributed by atoms with Gasteiger partial charge in [0.2, 0.25) is 0 Å². The van der Waals surface area contributed by atoms with E-state index in [1.807, 2.05) is 17.4 Å². The fourth-order valence-electron chi connectivity index (χ4n) is 3.36. The van der Waals surface area contributed by atoms with Crippen molar-refractivity contribution in [3.63, 3.8) is 0 Å². The molecule has 0 radical (unpaired) electrons. The number of aromatic nitrogens is 2. The first-order valence-electron chi connectivity index (χ1n) is 7.30. The molecule has 0 aliphatic carbocycles. The molecule has 2 aliphatic rings. The molecular weight excluding hydrogens is 284 g/mol. The number of hydrogen-bond acceptors (Lipinski definition) is 6. The summed E-state index contributed by atoms with van der Waals surface area (Å²) in [6.45, 7) is 2.71. The lowest BCUT2D eigenvalue weighted by Crippen LogP contribution is -2.46. The highest BCUT2D eigenvalue weighted by atomic mass is 32.1. The molecule has 21 heavy (non-hydrogen) atoms. The molecule has 2 aliphatic heterocycles. The maximum absolute atomic E-state index is 6.23. The zero-order chi connectivity index (χ0) is 14.3. The van der Waals surface area contributed by atoms with Crippen LogP contribution in [-0.4, -0.2) is 29.7 Å². The molecule has 2 N–H and O–H groups in total. The second kappa shape index (κ2) is 4.96. The minimum Gasteiger partial charge on any atom is -0.384 e. The van der Waals surface area contributed by atoms with Crippen LogP contribution in [0.5, 0.6) is 0 Å². The minimum absolute atomic E-state index is 0.0726. The highest BCUT2D eigenvalue weighted by Gasteiger charge is 2.41. The van der Waals surface area contributed by atoms with Gasteiger partial charge in [-0.15, -0.1) is 11.3 Å². The summed E-state index contributed by atoms with van der Waals surface area (Å²) in [5, 5.41) is 2.19. The van der Waals surface area contributed by atoms with Gasteiger partial charge in [0.05, 0.1) is 6.61 Å². The van der Waals surface area contributed by atoms with Gasteiger partial charge in [0.1, 0.15) is 23.6 Å². The second-order valence-corrected chi connectivity index (χ2v) is 6.57. The van der Waals surface area contributed by atoms with E-state index in [1.165, 1.54) is 16.8 Å². The first-order chi connectivity index (χ1) is 10.3. The molecule has 0 aromatic carbocycles. The second-order valence-electron chi connectivity index (χ2n) is 5.66. The van der Waals surface area contributed by atoms with E-state index in [0.29, 0.717) is 5.82 Å². The lowest BCUT2D eigenvalue weighted by molar-refractivity contribution is -0.0735. The highest BCUT2D eigenvalue weighted by molar-refractivity contribution is 7.10. The smallest absolute Gasteiger partial charge is 0.134 e. The Morgan fingerprint density at radius 3 is 2.95 bits per heavy atom. The fraction of sp³-hybridized carbons (Fsp3) is 0.467. The van der Waals surface area contributed by atoms with Gasteiger partial charge in [-0.3, -0.25) is 0 Å². The number of thiophene rings is 1. The van der Waals surface area contributed by atoms with Crippen molar-refractivity contribution in [1.82, 2.24) is 9.97 Å². The van der Waals surface area contributed by atoms with E-state index in [9.17, 15) is 0 Å². The number of anilines is 2. The Bertz CT molecular complexity index is 649. The van der Waals surface area contributed by atoms with Crippen molar-refractivity contribution in [2.45, 2.75) is 24.9 Å².